The minimum atomic E-state index is -1.09. The van der Waals surface area contributed by atoms with Crippen LogP contribution in [0.2, 0.25) is 9.62 Å². The van der Waals surface area contributed by atoms with Crippen molar-refractivity contribution < 1.29 is 14.6 Å². The lowest BCUT2D eigenvalue weighted by atomic mass is 10.2. The molecule has 0 aliphatic rings. The molecule has 0 aliphatic carbocycles. The van der Waals surface area contributed by atoms with E-state index in [1.54, 1.807) is 0 Å². The Balaban J connectivity index is 2.79. The van der Waals surface area contributed by atoms with E-state index in [1.807, 2.05) is 0 Å². The number of aliphatic hydroxyl groups is 1. The molecule has 0 saturated carbocycles. The van der Waals surface area contributed by atoms with Crippen molar-refractivity contribution in [1.29, 1.82) is 0 Å². The van der Waals surface area contributed by atoms with Crippen LogP contribution in [0, 0.1) is 0 Å². The Morgan fingerprint density at radius 3 is 2.67 bits per heavy atom. The highest BCUT2D eigenvalue weighted by Crippen LogP contribution is 2.33. The first-order chi connectivity index (χ1) is 6.91. The number of aliphatic hydroxyl groups excluding tert-OH is 1. The Morgan fingerprint density at radius 1 is 1.67 bits per heavy atom. The molecule has 2 atom stereocenters. The SMILES string of the molecule is CC(OC(N)=O)C(O)c1sc(Cl)nc1Cl. The second kappa shape index (κ2) is 4.98. The van der Waals surface area contributed by atoms with Gasteiger partial charge in [0, 0.05) is 0 Å². The van der Waals surface area contributed by atoms with E-state index >= 15 is 0 Å². The average Bonchev–Trinajstić information content (AvgIpc) is 2.42. The molecule has 1 amide bonds. The Bertz CT molecular complexity index is 371. The Hall–Kier alpha value is -0.560. The van der Waals surface area contributed by atoms with Crippen LogP contribution in [0.5, 0.6) is 0 Å². The molecule has 0 aliphatic heterocycles. The van der Waals surface area contributed by atoms with Crippen molar-refractivity contribution in [3.05, 3.63) is 14.5 Å². The molecule has 0 saturated heterocycles. The molecule has 0 bridgehead atoms. The second-order valence-electron chi connectivity index (χ2n) is 2.71. The van der Waals surface area contributed by atoms with E-state index in [0.29, 0.717) is 4.88 Å². The van der Waals surface area contributed by atoms with Gasteiger partial charge in [-0.05, 0) is 6.92 Å². The van der Waals surface area contributed by atoms with Gasteiger partial charge in [-0.15, -0.1) is 11.3 Å². The van der Waals surface area contributed by atoms with Crippen molar-refractivity contribution in [2.24, 2.45) is 5.73 Å². The van der Waals surface area contributed by atoms with E-state index in [9.17, 15) is 9.90 Å². The predicted octanol–water partition coefficient (Wildman–Crippen LogP) is 1.97. The fraction of sp³-hybridized carbons (Fsp3) is 0.429. The van der Waals surface area contributed by atoms with Crippen LogP contribution in [-0.2, 0) is 4.74 Å². The minimum absolute atomic E-state index is 0.0948. The first-order valence-corrected chi connectivity index (χ1v) is 5.45. The summed E-state index contributed by atoms with van der Waals surface area (Å²) in [6.45, 7) is 1.49. The largest absolute Gasteiger partial charge is 0.444 e. The molecule has 0 spiro atoms. The molecule has 2 unspecified atom stereocenters. The van der Waals surface area contributed by atoms with Gasteiger partial charge in [0.05, 0.1) is 4.88 Å². The number of hydrogen-bond donors (Lipinski definition) is 2. The standard InChI is InChI=1S/C7H8Cl2N2O3S/c1-2(14-7(10)13)3(12)4-5(8)11-6(9)15-4/h2-3,12H,1H3,(H2,10,13). The quantitative estimate of drug-likeness (QED) is 0.880. The Kier molecular flexibility index (Phi) is 4.15. The van der Waals surface area contributed by atoms with Crippen molar-refractivity contribution in [2.75, 3.05) is 0 Å². The number of halogens is 2. The lowest BCUT2D eigenvalue weighted by Crippen LogP contribution is -2.25. The number of rotatable bonds is 3. The molecule has 1 heterocycles. The van der Waals surface area contributed by atoms with Crippen LogP contribution in [-0.4, -0.2) is 22.3 Å². The van der Waals surface area contributed by atoms with Gasteiger partial charge in [0.25, 0.3) is 0 Å². The highest BCUT2D eigenvalue weighted by molar-refractivity contribution is 7.16. The predicted molar refractivity (Wildman–Crippen MR) is 57.2 cm³/mol. The van der Waals surface area contributed by atoms with E-state index in [0.717, 1.165) is 11.3 Å². The molecule has 1 aromatic rings. The summed E-state index contributed by atoms with van der Waals surface area (Å²) >= 11 is 12.3. The van der Waals surface area contributed by atoms with Gasteiger partial charge in [-0.1, -0.05) is 23.2 Å². The number of hydrogen-bond acceptors (Lipinski definition) is 5. The van der Waals surface area contributed by atoms with Crippen LogP contribution in [0.15, 0.2) is 0 Å². The fourth-order valence-corrected chi connectivity index (χ4v) is 2.43. The van der Waals surface area contributed by atoms with Gasteiger partial charge in [-0.25, -0.2) is 9.78 Å². The maximum absolute atomic E-state index is 10.5. The summed E-state index contributed by atoms with van der Waals surface area (Å²) < 4.78 is 4.81. The molecule has 15 heavy (non-hydrogen) atoms. The highest BCUT2D eigenvalue weighted by Gasteiger charge is 2.24. The van der Waals surface area contributed by atoms with Gasteiger partial charge >= 0.3 is 6.09 Å². The summed E-state index contributed by atoms with van der Waals surface area (Å²) in [6, 6.07) is 0. The number of primary amides is 1. The zero-order chi connectivity index (χ0) is 11.6. The van der Waals surface area contributed by atoms with E-state index in [2.05, 4.69) is 9.72 Å². The number of nitrogens with zero attached hydrogens (tertiary/aromatic N) is 1. The summed E-state index contributed by atoms with van der Waals surface area (Å²) in [7, 11) is 0. The van der Waals surface area contributed by atoms with Crippen LogP contribution < -0.4 is 5.73 Å². The summed E-state index contributed by atoms with van der Waals surface area (Å²) in [5.74, 6) is 0. The Morgan fingerprint density at radius 2 is 2.27 bits per heavy atom. The van der Waals surface area contributed by atoms with Crippen LogP contribution in [0.1, 0.15) is 17.9 Å². The summed E-state index contributed by atoms with van der Waals surface area (Å²) in [6.07, 6.45) is -2.86. The van der Waals surface area contributed by atoms with Crippen LogP contribution in [0.4, 0.5) is 4.79 Å². The number of nitrogens with two attached hydrogens (primary N) is 1. The average molecular weight is 271 g/mol. The third-order valence-electron chi connectivity index (χ3n) is 1.60. The summed E-state index contributed by atoms with van der Waals surface area (Å²) in [5.41, 5.74) is 4.81. The lowest BCUT2D eigenvalue weighted by molar-refractivity contribution is 0.0175. The molecule has 1 aromatic heterocycles. The van der Waals surface area contributed by atoms with E-state index in [4.69, 9.17) is 28.9 Å². The normalized spacial score (nSPS) is 14.7. The number of aromatic nitrogens is 1. The topological polar surface area (TPSA) is 85.4 Å². The van der Waals surface area contributed by atoms with E-state index in [1.165, 1.54) is 6.92 Å². The van der Waals surface area contributed by atoms with E-state index < -0.39 is 18.3 Å². The number of thiazole rings is 1. The first-order valence-electron chi connectivity index (χ1n) is 3.87. The second-order valence-corrected chi connectivity index (χ2v) is 4.68. The van der Waals surface area contributed by atoms with Crippen LogP contribution >= 0.6 is 34.5 Å². The van der Waals surface area contributed by atoms with Crippen molar-refractivity contribution in [2.45, 2.75) is 19.1 Å². The fourth-order valence-electron chi connectivity index (χ4n) is 0.931. The van der Waals surface area contributed by atoms with Gasteiger partial charge in [0.2, 0.25) is 0 Å². The molecular weight excluding hydrogens is 263 g/mol. The molecular formula is C7H8Cl2N2O3S. The van der Waals surface area contributed by atoms with Gasteiger partial charge in [0.1, 0.15) is 17.4 Å². The molecule has 0 radical (unpaired) electrons. The monoisotopic (exact) mass is 270 g/mol. The highest BCUT2D eigenvalue weighted by atomic mass is 35.5. The molecule has 84 valence electrons. The van der Waals surface area contributed by atoms with Crippen LogP contribution in [0.25, 0.3) is 0 Å². The van der Waals surface area contributed by atoms with E-state index in [-0.39, 0.29) is 9.62 Å². The molecule has 0 aromatic carbocycles. The van der Waals surface area contributed by atoms with Gasteiger partial charge in [0.15, 0.2) is 4.47 Å². The lowest BCUT2D eigenvalue weighted by Gasteiger charge is -2.16. The van der Waals surface area contributed by atoms with Crippen molar-refractivity contribution in [3.63, 3.8) is 0 Å². The maximum atomic E-state index is 10.5. The number of carbonyl (C=O) groups excluding carboxylic acids is 1. The zero-order valence-corrected chi connectivity index (χ0v) is 9.94. The van der Waals surface area contributed by atoms with Gasteiger partial charge in [-0.2, -0.15) is 0 Å². The number of carbonyl (C=O) groups is 1. The third-order valence-corrected chi connectivity index (χ3v) is 3.23. The summed E-state index contributed by atoms with van der Waals surface area (Å²) in [4.78, 5) is 14.5. The van der Waals surface area contributed by atoms with Gasteiger partial charge < -0.3 is 15.6 Å². The van der Waals surface area contributed by atoms with Crippen molar-refractivity contribution >= 4 is 40.6 Å². The summed E-state index contributed by atoms with van der Waals surface area (Å²) in [5, 5.41) is 9.82. The zero-order valence-electron chi connectivity index (χ0n) is 7.61. The maximum Gasteiger partial charge on any atom is 0.404 e. The van der Waals surface area contributed by atoms with Crippen molar-refractivity contribution in [3.8, 4) is 0 Å². The molecule has 3 N–H and O–H groups in total. The molecule has 5 nitrogen and oxygen atoms in total. The molecule has 0 fully saturated rings. The first kappa shape index (κ1) is 12.5. The molecule has 8 heteroatoms. The Labute approximate surface area is 99.8 Å². The smallest absolute Gasteiger partial charge is 0.404 e. The van der Waals surface area contributed by atoms with Gasteiger partial charge in [-0.3, -0.25) is 0 Å². The minimum Gasteiger partial charge on any atom is -0.444 e. The van der Waals surface area contributed by atoms with Crippen LogP contribution in [0.3, 0.4) is 0 Å². The third kappa shape index (κ3) is 3.20. The number of amides is 1. The van der Waals surface area contributed by atoms with Crippen molar-refractivity contribution in [1.82, 2.24) is 4.98 Å². The molecule has 1 rings (SSSR count). The number of ether oxygens (including phenoxy) is 1.